The predicted octanol–water partition coefficient (Wildman–Crippen LogP) is 1.69. The van der Waals surface area contributed by atoms with Crippen molar-refractivity contribution in [1.29, 1.82) is 0 Å². The molecule has 132 valence electrons. The molecule has 4 rings (SSSR count). The highest BCUT2D eigenvalue weighted by molar-refractivity contribution is 7.90. The SMILES string of the molecule is CN1CC2(CCN(S(=O)(=O)C3CC3)CC2)C[C@H]1COCC1CC1. The van der Waals surface area contributed by atoms with Gasteiger partial charge in [0, 0.05) is 32.3 Å². The topological polar surface area (TPSA) is 49.9 Å². The van der Waals surface area contributed by atoms with Crippen LogP contribution in [0, 0.1) is 11.3 Å². The number of hydrogen-bond acceptors (Lipinski definition) is 4. The smallest absolute Gasteiger partial charge is 0.216 e. The minimum atomic E-state index is -2.98. The third kappa shape index (κ3) is 3.46. The molecule has 0 radical (unpaired) electrons. The Labute approximate surface area is 140 Å². The summed E-state index contributed by atoms with van der Waals surface area (Å²) in [5.41, 5.74) is 0.317. The molecule has 0 unspecified atom stereocenters. The molecule has 0 aromatic rings. The lowest BCUT2D eigenvalue weighted by Crippen LogP contribution is -2.45. The fraction of sp³-hybridized carbons (Fsp3) is 1.00. The van der Waals surface area contributed by atoms with Gasteiger partial charge in [-0.15, -0.1) is 0 Å². The number of rotatable bonds is 6. The average molecular weight is 343 g/mol. The van der Waals surface area contributed by atoms with Gasteiger partial charge in [0.05, 0.1) is 11.9 Å². The van der Waals surface area contributed by atoms with Crippen LogP contribution < -0.4 is 0 Å². The van der Waals surface area contributed by atoms with Crippen LogP contribution in [0.5, 0.6) is 0 Å². The molecule has 4 aliphatic rings. The van der Waals surface area contributed by atoms with Gasteiger partial charge < -0.3 is 9.64 Å². The second-order valence-electron chi connectivity index (χ2n) is 8.40. The second kappa shape index (κ2) is 5.97. The third-order valence-electron chi connectivity index (χ3n) is 6.33. The summed E-state index contributed by atoms with van der Waals surface area (Å²) in [7, 11) is -0.782. The third-order valence-corrected chi connectivity index (χ3v) is 8.72. The molecule has 6 heteroatoms. The van der Waals surface area contributed by atoms with Crippen molar-refractivity contribution < 1.29 is 13.2 Å². The van der Waals surface area contributed by atoms with Gasteiger partial charge in [-0.2, -0.15) is 0 Å². The maximum Gasteiger partial charge on any atom is 0.216 e. The summed E-state index contributed by atoms with van der Waals surface area (Å²) in [5.74, 6) is 0.825. The Balaban J connectivity index is 1.29. The van der Waals surface area contributed by atoms with Crippen molar-refractivity contribution in [2.75, 3.05) is 39.9 Å². The zero-order valence-corrected chi connectivity index (χ0v) is 15.1. The second-order valence-corrected chi connectivity index (χ2v) is 10.6. The minimum Gasteiger partial charge on any atom is -0.380 e. The van der Waals surface area contributed by atoms with Gasteiger partial charge in [0.15, 0.2) is 0 Å². The van der Waals surface area contributed by atoms with Gasteiger partial charge in [0.2, 0.25) is 10.0 Å². The molecule has 0 bridgehead atoms. The van der Waals surface area contributed by atoms with Crippen molar-refractivity contribution >= 4 is 10.0 Å². The number of likely N-dealkylation sites (N-methyl/N-ethyl adjacent to an activating group) is 1. The Kier molecular flexibility index (Phi) is 4.23. The van der Waals surface area contributed by atoms with Crippen LogP contribution in [0.4, 0.5) is 0 Å². The van der Waals surface area contributed by atoms with Gasteiger partial charge in [-0.25, -0.2) is 12.7 Å². The minimum absolute atomic E-state index is 0.0635. The quantitative estimate of drug-likeness (QED) is 0.737. The summed E-state index contributed by atoms with van der Waals surface area (Å²) in [6, 6.07) is 0.514. The highest BCUT2D eigenvalue weighted by Gasteiger charge is 2.48. The fourth-order valence-corrected chi connectivity index (χ4v) is 6.22. The van der Waals surface area contributed by atoms with Gasteiger partial charge in [0.1, 0.15) is 0 Å². The number of hydrogen-bond donors (Lipinski definition) is 0. The Morgan fingerprint density at radius 2 is 1.78 bits per heavy atom. The van der Waals surface area contributed by atoms with E-state index in [0.717, 1.165) is 64.4 Å². The summed E-state index contributed by atoms with van der Waals surface area (Å²) in [5, 5.41) is -0.0635. The van der Waals surface area contributed by atoms with Crippen molar-refractivity contribution in [3.05, 3.63) is 0 Å². The van der Waals surface area contributed by atoms with Crippen LogP contribution in [0.25, 0.3) is 0 Å². The lowest BCUT2D eigenvalue weighted by molar-refractivity contribution is 0.0784. The molecule has 2 saturated heterocycles. The van der Waals surface area contributed by atoms with Gasteiger partial charge >= 0.3 is 0 Å². The zero-order valence-electron chi connectivity index (χ0n) is 14.2. The van der Waals surface area contributed by atoms with E-state index in [0.29, 0.717) is 11.5 Å². The first-order chi connectivity index (χ1) is 11.0. The van der Waals surface area contributed by atoms with Crippen molar-refractivity contribution in [1.82, 2.24) is 9.21 Å². The zero-order chi connectivity index (χ0) is 16.1. The molecular formula is C17H30N2O3S. The maximum atomic E-state index is 12.4. The van der Waals surface area contributed by atoms with Crippen LogP contribution in [0.15, 0.2) is 0 Å². The number of sulfonamides is 1. The van der Waals surface area contributed by atoms with E-state index in [4.69, 9.17) is 4.74 Å². The van der Waals surface area contributed by atoms with Crippen molar-refractivity contribution in [2.24, 2.45) is 11.3 Å². The summed E-state index contributed by atoms with van der Waals surface area (Å²) < 4.78 is 32.5. The summed E-state index contributed by atoms with van der Waals surface area (Å²) in [6.45, 7) is 4.33. The first-order valence-electron chi connectivity index (χ1n) is 9.26. The Hall–Kier alpha value is -0.170. The monoisotopic (exact) mass is 342 g/mol. The highest BCUT2D eigenvalue weighted by atomic mass is 32.2. The van der Waals surface area contributed by atoms with Gasteiger partial charge in [-0.3, -0.25) is 0 Å². The molecule has 2 heterocycles. The molecular weight excluding hydrogens is 312 g/mol. The highest BCUT2D eigenvalue weighted by Crippen LogP contribution is 2.44. The molecule has 5 nitrogen and oxygen atoms in total. The van der Waals surface area contributed by atoms with Crippen LogP contribution in [0.1, 0.15) is 44.9 Å². The molecule has 0 amide bonds. The number of ether oxygens (including phenoxy) is 1. The predicted molar refractivity (Wildman–Crippen MR) is 89.8 cm³/mol. The summed E-state index contributed by atoms with van der Waals surface area (Å²) in [6.07, 6.45) is 7.63. The summed E-state index contributed by atoms with van der Waals surface area (Å²) >= 11 is 0. The fourth-order valence-electron chi connectivity index (χ4n) is 4.37. The maximum absolute atomic E-state index is 12.4. The number of piperidine rings is 1. The lowest BCUT2D eigenvalue weighted by atomic mass is 9.77. The molecule has 2 aliphatic carbocycles. The molecule has 0 aromatic carbocycles. The number of nitrogens with zero attached hydrogens (tertiary/aromatic N) is 2. The first-order valence-corrected chi connectivity index (χ1v) is 10.8. The number of likely N-dealkylation sites (tertiary alicyclic amines) is 1. The Morgan fingerprint density at radius 1 is 1.09 bits per heavy atom. The van der Waals surface area contributed by atoms with E-state index in [9.17, 15) is 8.42 Å². The summed E-state index contributed by atoms with van der Waals surface area (Å²) in [4.78, 5) is 2.44. The van der Waals surface area contributed by atoms with E-state index in [1.807, 2.05) is 0 Å². The molecule has 2 aliphatic heterocycles. The van der Waals surface area contributed by atoms with E-state index in [2.05, 4.69) is 11.9 Å². The molecule has 23 heavy (non-hydrogen) atoms. The van der Waals surface area contributed by atoms with Gasteiger partial charge in [-0.1, -0.05) is 0 Å². The lowest BCUT2D eigenvalue weighted by Gasteiger charge is -2.38. The van der Waals surface area contributed by atoms with Crippen molar-refractivity contribution in [3.63, 3.8) is 0 Å². The van der Waals surface area contributed by atoms with E-state index in [1.54, 1.807) is 4.31 Å². The van der Waals surface area contributed by atoms with E-state index < -0.39 is 10.0 Å². The van der Waals surface area contributed by atoms with E-state index in [-0.39, 0.29) is 5.25 Å². The Morgan fingerprint density at radius 3 is 2.39 bits per heavy atom. The van der Waals surface area contributed by atoms with Crippen LogP contribution >= 0.6 is 0 Å². The van der Waals surface area contributed by atoms with Crippen LogP contribution in [0.2, 0.25) is 0 Å². The largest absolute Gasteiger partial charge is 0.380 e. The molecule has 2 saturated carbocycles. The molecule has 0 aromatic heterocycles. The van der Waals surface area contributed by atoms with Crippen molar-refractivity contribution in [2.45, 2.75) is 56.2 Å². The molecule has 1 spiro atoms. The molecule has 1 atom stereocenters. The van der Waals surface area contributed by atoms with E-state index in [1.165, 1.54) is 19.3 Å². The van der Waals surface area contributed by atoms with Crippen LogP contribution in [-0.4, -0.2) is 68.8 Å². The Bertz CT molecular complexity index is 534. The molecule has 4 fully saturated rings. The average Bonchev–Trinajstić information content (AvgIpc) is 3.39. The van der Waals surface area contributed by atoms with Crippen LogP contribution in [0.3, 0.4) is 0 Å². The molecule has 0 N–H and O–H groups in total. The normalized spacial score (nSPS) is 32.7. The van der Waals surface area contributed by atoms with Crippen molar-refractivity contribution in [3.8, 4) is 0 Å². The van der Waals surface area contributed by atoms with Crippen LogP contribution in [-0.2, 0) is 14.8 Å². The van der Waals surface area contributed by atoms with E-state index >= 15 is 0 Å². The van der Waals surface area contributed by atoms with Gasteiger partial charge in [-0.05, 0) is 63.3 Å². The first kappa shape index (κ1) is 16.3. The van der Waals surface area contributed by atoms with Gasteiger partial charge in [0.25, 0.3) is 0 Å². The standard InChI is InChI=1S/C17H30N2O3S/c1-18-13-17(10-15(18)12-22-11-14-2-3-14)6-8-19(9-7-17)23(20,21)16-4-5-16/h14-16H,2-13H2,1H3/t15-/m0/s1.